The number of phenolic OH excluding ortho intramolecular Hbond substituents is 1. The molecule has 0 spiro atoms. The highest BCUT2D eigenvalue weighted by Gasteiger charge is 2.37. The first-order valence-corrected chi connectivity index (χ1v) is 9.06. The van der Waals surface area contributed by atoms with Crippen molar-refractivity contribution >= 4 is 45.5 Å². The lowest BCUT2D eigenvalue weighted by Gasteiger charge is -2.26. The SMILES string of the molecule is COc1cc(/C=C2\C(=O)NC(=O)N(c3ccc4c(c3)OCO4)C2=O)c(Br)cc1O. The summed E-state index contributed by atoms with van der Waals surface area (Å²) in [5, 5.41) is 12.0. The molecular formula is C19H13BrN2O7. The zero-order valence-corrected chi connectivity index (χ0v) is 16.5. The number of hydrogen-bond acceptors (Lipinski definition) is 7. The largest absolute Gasteiger partial charge is 0.504 e. The van der Waals surface area contributed by atoms with Gasteiger partial charge in [0.1, 0.15) is 5.57 Å². The molecule has 0 saturated carbocycles. The van der Waals surface area contributed by atoms with Crippen LogP contribution in [0.3, 0.4) is 0 Å². The molecule has 2 aliphatic rings. The van der Waals surface area contributed by atoms with E-state index in [2.05, 4.69) is 21.2 Å². The van der Waals surface area contributed by atoms with Crippen molar-refractivity contribution in [2.24, 2.45) is 0 Å². The highest BCUT2D eigenvalue weighted by atomic mass is 79.9. The summed E-state index contributed by atoms with van der Waals surface area (Å²) in [7, 11) is 1.37. The molecule has 10 heteroatoms. The van der Waals surface area contributed by atoms with E-state index < -0.39 is 17.8 Å². The molecule has 29 heavy (non-hydrogen) atoms. The summed E-state index contributed by atoms with van der Waals surface area (Å²) in [6.45, 7) is 0.0410. The van der Waals surface area contributed by atoms with Crippen molar-refractivity contribution < 1.29 is 33.7 Å². The number of ether oxygens (including phenoxy) is 3. The Kier molecular flexibility index (Phi) is 4.63. The molecule has 0 bridgehead atoms. The number of aromatic hydroxyl groups is 1. The third-order valence-corrected chi connectivity index (χ3v) is 5.00. The van der Waals surface area contributed by atoms with Crippen molar-refractivity contribution in [3.05, 3.63) is 45.9 Å². The van der Waals surface area contributed by atoms with Gasteiger partial charge in [-0.25, -0.2) is 9.69 Å². The van der Waals surface area contributed by atoms with E-state index >= 15 is 0 Å². The molecule has 4 rings (SSSR count). The van der Waals surface area contributed by atoms with Crippen LogP contribution < -0.4 is 24.4 Å². The number of fused-ring (bicyclic) bond motifs is 1. The van der Waals surface area contributed by atoms with Crippen molar-refractivity contribution in [2.45, 2.75) is 0 Å². The lowest BCUT2D eigenvalue weighted by atomic mass is 10.1. The predicted octanol–water partition coefficient (Wildman–Crippen LogP) is 2.56. The predicted molar refractivity (Wildman–Crippen MR) is 104 cm³/mol. The zero-order valence-electron chi connectivity index (χ0n) is 14.9. The van der Waals surface area contributed by atoms with Gasteiger partial charge >= 0.3 is 6.03 Å². The molecule has 2 heterocycles. The monoisotopic (exact) mass is 460 g/mol. The average molecular weight is 461 g/mol. The van der Waals surface area contributed by atoms with Crippen LogP contribution in [-0.2, 0) is 9.59 Å². The first-order valence-electron chi connectivity index (χ1n) is 8.26. The first-order chi connectivity index (χ1) is 13.9. The number of anilines is 1. The van der Waals surface area contributed by atoms with E-state index in [0.29, 0.717) is 21.5 Å². The van der Waals surface area contributed by atoms with Crippen LogP contribution in [0.2, 0.25) is 0 Å². The molecule has 0 atom stereocenters. The average Bonchev–Trinajstić information content (AvgIpc) is 3.14. The van der Waals surface area contributed by atoms with Gasteiger partial charge < -0.3 is 19.3 Å². The number of carbonyl (C=O) groups excluding carboxylic acids is 3. The van der Waals surface area contributed by atoms with Gasteiger partial charge in [0.05, 0.1) is 12.8 Å². The molecule has 0 unspecified atom stereocenters. The second-order valence-electron chi connectivity index (χ2n) is 6.04. The molecule has 2 aromatic rings. The van der Waals surface area contributed by atoms with Crippen molar-refractivity contribution in [1.29, 1.82) is 0 Å². The molecule has 9 nitrogen and oxygen atoms in total. The summed E-state index contributed by atoms with van der Waals surface area (Å²) in [5.41, 5.74) is 0.353. The summed E-state index contributed by atoms with van der Waals surface area (Å²) in [6, 6.07) is 6.51. The number of nitrogens with zero attached hydrogens (tertiary/aromatic N) is 1. The fourth-order valence-corrected chi connectivity index (χ4v) is 3.35. The van der Waals surface area contributed by atoms with Gasteiger partial charge in [-0.3, -0.25) is 14.9 Å². The van der Waals surface area contributed by atoms with Gasteiger partial charge in [-0.2, -0.15) is 0 Å². The highest BCUT2D eigenvalue weighted by molar-refractivity contribution is 9.10. The highest BCUT2D eigenvalue weighted by Crippen LogP contribution is 2.37. The molecule has 1 fully saturated rings. The molecule has 148 valence electrons. The number of amides is 4. The minimum Gasteiger partial charge on any atom is -0.504 e. The minimum absolute atomic E-state index is 0.0410. The van der Waals surface area contributed by atoms with Crippen LogP contribution in [0.15, 0.2) is 40.4 Å². The van der Waals surface area contributed by atoms with E-state index in [9.17, 15) is 19.5 Å². The van der Waals surface area contributed by atoms with E-state index in [1.807, 2.05) is 0 Å². The number of rotatable bonds is 3. The summed E-state index contributed by atoms with van der Waals surface area (Å²) in [4.78, 5) is 38.5. The van der Waals surface area contributed by atoms with Gasteiger partial charge in [0.2, 0.25) is 6.79 Å². The van der Waals surface area contributed by atoms with E-state index in [1.54, 1.807) is 6.07 Å². The number of hydrogen-bond donors (Lipinski definition) is 2. The number of nitrogens with one attached hydrogen (secondary N) is 1. The van der Waals surface area contributed by atoms with Gasteiger partial charge in [-0.05, 0) is 35.9 Å². The second kappa shape index (κ2) is 7.13. The lowest BCUT2D eigenvalue weighted by molar-refractivity contribution is -0.122. The Morgan fingerprint density at radius 2 is 1.93 bits per heavy atom. The fraction of sp³-hybridized carbons (Fsp3) is 0.105. The number of barbiturate groups is 1. The first kappa shape index (κ1) is 18.8. The van der Waals surface area contributed by atoms with Gasteiger partial charge in [0.15, 0.2) is 23.0 Å². The second-order valence-corrected chi connectivity index (χ2v) is 6.90. The Balaban J connectivity index is 1.75. The van der Waals surface area contributed by atoms with E-state index in [1.165, 1.54) is 37.5 Å². The molecule has 4 amide bonds. The Labute approximate surface area is 172 Å². The van der Waals surface area contributed by atoms with Crippen LogP contribution in [0.25, 0.3) is 6.08 Å². The van der Waals surface area contributed by atoms with Gasteiger partial charge in [-0.15, -0.1) is 0 Å². The van der Waals surface area contributed by atoms with Gasteiger partial charge in [0, 0.05) is 10.5 Å². The number of urea groups is 1. The third-order valence-electron chi connectivity index (χ3n) is 4.31. The maximum Gasteiger partial charge on any atom is 0.335 e. The smallest absolute Gasteiger partial charge is 0.335 e. The Hall–Kier alpha value is -3.53. The molecule has 0 aliphatic carbocycles. The van der Waals surface area contributed by atoms with Crippen molar-refractivity contribution in [3.8, 4) is 23.0 Å². The molecule has 0 radical (unpaired) electrons. The number of halogens is 1. The lowest BCUT2D eigenvalue weighted by Crippen LogP contribution is -2.54. The Bertz CT molecular complexity index is 1100. The van der Waals surface area contributed by atoms with Crippen LogP contribution in [0.1, 0.15) is 5.56 Å². The zero-order chi connectivity index (χ0) is 20.7. The Morgan fingerprint density at radius 3 is 2.69 bits per heavy atom. The third kappa shape index (κ3) is 3.27. The molecule has 2 aliphatic heterocycles. The molecule has 0 aromatic heterocycles. The van der Waals surface area contributed by atoms with Crippen LogP contribution in [0, 0.1) is 0 Å². The summed E-state index contributed by atoms with van der Waals surface area (Å²) < 4.78 is 16.0. The fourth-order valence-electron chi connectivity index (χ4n) is 2.90. The van der Waals surface area contributed by atoms with Crippen molar-refractivity contribution in [2.75, 3.05) is 18.8 Å². The number of methoxy groups -OCH3 is 1. The normalized spacial score (nSPS) is 17.0. The molecular weight excluding hydrogens is 448 g/mol. The van der Waals surface area contributed by atoms with Crippen LogP contribution in [0.4, 0.5) is 10.5 Å². The maximum atomic E-state index is 13.0. The molecule has 2 aromatic carbocycles. The number of phenols is 1. The summed E-state index contributed by atoms with van der Waals surface area (Å²) in [5.74, 6) is -0.722. The summed E-state index contributed by atoms with van der Waals surface area (Å²) in [6.07, 6.45) is 1.30. The minimum atomic E-state index is -0.877. The molecule has 1 saturated heterocycles. The quantitative estimate of drug-likeness (QED) is 0.534. The van der Waals surface area contributed by atoms with E-state index in [0.717, 1.165) is 4.90 Å². The summed E-state index contributed by atoms with van der Waals surface area (Å²) >= 11 is 3.27. The van der Waals surface area contributed by atoms with Gasteiger partial charge in [0.25, 0.3) is 11.8 Å². The van der Waals surface area contributed by atoms with Crippen molar-refractivity contribution in [1.82, 2.24) is 5.32 Å². The number of imide groups is 2. The van der Waals surface area contributed by atoms with E-state index in [-0.39, 0.29) is 29.6 Å². The van der Waals surface area contributed by atoms with Crippen LogP contribution in [0.5, 0.6) is 23.0 Å². The standard InChI is InChI=1S/C19H13BrN2O7/c1-27-15-5-9(12(20)7-13(15)23)4-11-17(24)21-19(26)22(18(11)25)10-2-3-14-16(6-10)29-8-28-14/h2-7,23H,8H2,1H3,(H,21,24,26)/b11-4+. The van der Waals surface area contributed by atoms with Crippen LogP contribution in [-0.4, -0.2) is 36.9 Å². The maximum absolute atomic E-state index is 13.0. The number of carbonyl (C=O) groups is 3. The van der Waals surface area contributed by atoms with Crippen LogP contribution >= 0.6 is 15.9 Å². The van der Waals surface area contributed by atoms with Crippen molar-refractivity contribution in [3.63, 3.8) is 0 Å². The van der Waals surface area contributed by atoms with Gasteiger partial charge in [-0.1, -0.05) is 15.9 Å². The van der Waals surface area contributed by atoms with E-state index in [4.69, 9.17) is 14.2 Å². The topological polar surface area (TPSA) is 114 Å². The molecule has 2 N–H and O–H groups in total. The number of benzene rings is 2. The Morgan fingerprint density at radius 1 is 1.17 bits per heavy atom.